The largest absolute Gasteiger partial charge is 0.309 e. The Morgan fingerprint density at radius 2 is 2.29 bits per heavy atom. The van der Waals surface area contributed by atoms with E-state index < -0.39 is 0 Å². The van der Waals surface area contributed by atoms with Gasteiger partial charge >= 0.3 is 0 Å². The second-order valence-corrected chi connectivity index (χ2v) is 5.58. The topological polar surface area (TPSA) is 24.9 Å². The van der Waals surface area contributed by atoms with Crippen molar-refractivity contribution in [1.29, 1.82) is 0 Å². The van der Waals surface area contributed by atoms with Crippen LogP contribution in [0.1, 0.15) is 29.0 Å². The Morgan fingerprint density at radius 3 is 2.88 bits per heavy atom. The average Bonchev–Trinajstić information content (AvgIpc) is 2.78. The van der Waals surface area contributed by atoms with Gasteiger partial charge in [0.1, 0.15) is 0 Å². The summed E-state index contributed by atoms with van der Waals surface area (Å²) in [4.78, 5) is 5.51. The van der Waals surface area contributed by atoms with Crippen LogP contribution in [0.3, 0.4) is 0 Å². The molecule has 0 saturated carbocycles. The van der Waals surface area contributed by atoms with E-state index in [0.717, 1.165) is 6.42 Å². The highest BCUT2D eigenvalue weighted by Gasteiger charge is 2.18. The summed E-state index contributed by atoms with van der Waals surface area (Å²) in [6.45, 7) is 2.16. The monoisotopic (exact) mass is 310 g/mol. The molecule has 0 aliphatic rings. The zero-order chi connectivity index (χ0) is 12.3. The van der Waals surface area contributed by atoms with Crippen molar-refractivity contribution in [3.63, 3.8) is 0 Å². The van der Waals surface area contributed by atoms with Gasteiger partial charge in [-0.25, -0.2) is 0 Å². The Labute approximate surface area is 114 Å². The van der Waals surface area contributed by atoms with Crippen molar-refractivity contribution in [3.05, 3.63) is 50.4 Å². The highest BCUT2D eigenvalue weighted by atomic mass is 79.9. The molecule has 1 unspecified atom stereocenters. The Morgan fingerprint density at radius 1 is 1.47 bits per heavy atom. The van der Waals surface area contributed by atoms with Crippen molar-refractivity contribution < 1.29 is 0 Å². The number of halogens is 1. The first-order valence-electron chi connectivity index (χ1n) is 5.60. The molecule has 0 aliphatic heterocycles. The highest BCUT2D eigenvalue weighted by Crippen LogP contribution is 2.34. The number of nitrogens with zero attached hydrogens (tertiary/aromatic N) is 1. The first-order chi connectivity index (χ1) is 8.27. The van der Waals surface area contributed by atoms with E-state index in [1.54, 1.807) is 11.3 Å². The Bertz CT molecular complexity index is 496. The van der Waals surface area contributed by atoms with Crippen molar-refractivity contribution in [1.82, 2.24) is 10.3 Å². The molecule has 0 aliphatic carbocycles. The standard InChI is InChI=1S/C13H15BrN2S/c1-3-9-8-16-6-4-10(9)12(15-2)13-11(14)5-7-17-13/h4-8,12,15H,3H2,1-2H3. The summed E-state index contributed by atoms with van der Waals surface area (Å²) >= 11 is 5.37. The predicted octanol–water partition coefficient (Wildman–Crippen LogP) is 3.78. The molecule has 4 heteroatoms. The average molecular weight is 311 g/mol. The molecule has 0 radical (unpaired) electrons. The molecule has 2 nitrogen and oxygen atoms in total. The number of nitrogens with one attached hydrogen (secondary N) is 1. The van der Waals surface area contributed by atoms with Crippen molar-refractivity contribution in [2.45, 2.75) is 19.4 Å². The molecule has 0 bridgehead atoms. The van der Waals surface area contributed by atoms with Gasteiger partial charge in [0.25, 0.3) is 0 Å². The maximum atomic E-state index is 4.20. The molecule has 0 amide bonds. The fraction of sp³-hybridized carbons (Fsp3) is 0.308. The summed E-state index contributed by atoms with van der Waals surface area (Å²) < 4.78 is 1.17. The van der Waals surface area contributed by atoms with E-state index in [9.17, 15) is 0 Å². The normalized spacial score (nSPS) is 12.6. The van der Waals surface area contributed by atoms with E-state index in [1.165, 1.54) is 20.5 Å². The van der Waals surface area contributed by atoms with Gasteiger partial charge in [0, 0.05) is 21.7 Å². The van der Waals surface area contributed by atoms with Crippen LogP contribution in [0, 0.1) is 0 Å². The van der Waals surface area contributed by atoms with Gasteiger partial charge in [-0.05, 0) is 58.0 Å². The summed E-state index contributed by atoms with van der Waals surface area (Å²) in [5.41, 5.74) is 2.61. The van der Waals surface area contributed by atoms with Crippen LogP contribution in [-0.4, -0.2) is 12.0 Å². The van der Waals surface area contributed by atoms with Crippen molar-refractivity contribution in [3.8, 4) is 0 Å². The predicted molar refractivity (Wildman–Crippen MR) is 76.5 cm³/mol. The third-order valence-corrected chi connectivity index (χ3v) is 4.76. The van der Waals surface area contributed by atoms with E-state index in [-0.39, 0.29) is 6.04 Å². The summed E-state index contributed by atoms with van der Waals surface area (Å²) in [6, 6.07) is 4.44. The molecule has 1 atom stereocenters. The SMILES string of the molecule is CCc1cnccc1C(NC)c1sccc1Br. The van der Waals surface area contributed by atoms with E-state index in [4.69, 9.17) is 0 Å². The maximum absolute atomic E-state index is 4.20. The van der Waals surface area contributed by atoms with E-state index in [2.05, 4.69) is 50.7 Å². The molecule has 0 saturated heterocycles. The molecular weight excluding hydrogens is 296 g/mol. The maximum Gasteiger partial charge on any atom is 0.0683 e. The summed E-state index contributed by atoms with van der Waals surface area (Å²) in [7, 11) is 2.00. The lowest BCUT2D eigenvalue weighted by Gasteiger charge is -2.18. The van der Waals surface area contributed by atoms with E-state index >= 15 is 0 Å². The lowest BCUT2D eigenvalue weighted by Crippen LogP contribution is -2.18. The smallest absolute Gasteiger partial charge is 0.0683 e. The summed E-state index contributed by atoms with van der Waals surface area (Å²) in [5.74, 6) is 0. The molecule has 0 fully saturated rings. The van der Waals surface area contributed by atoms with Gasteiger partial charge in [0.15, 0.2) is 0 Å². The fourth-order valence-electron chi connectivity index (χ4n) is 1.95. The zero-order valence-electron chi connectivity index (χ0n) is 9.90. The van der Waals surface area contributed by atoms with Crippen LogP contribution in [-0.2, 0) is 6.42 Å². The van der Waals surface area contributed by atoms with Crippen LogP contribution in [0.25, 0.3) is 0 Å². The minimum absolute atomic E-state index is 0.238. The minimum atomic E-state index is 0.238. The Balaban J connectivity index is 2.46. The number of thiophene rings is 1. The first-order valence-corrected chi connectivity index (χ1v) is 7.28. The van der Waals surface area contributed by atoms with Gasteiger partial charge in [0.05, 0.1) is 6.04 Å². The van der Waals surface area contributed by atoms with Crippen LogP contribution < -0.4 is 5.32 Å². The van der Waals surface area contributed by atoms with Crippen molar-refractivity contribution >= 4 is 27.3 Å². The quantitative estimate of drug-likeness (QED) is 0.929. The lowest BCUT2D eigenvalue weighted by molar-refractivity contribution is 0.691. The minimum Gasteiger partial charge on any atom is -0.309 e. The van der Waals surface area contributed by atoms with E-state index in [0.29, 0.717) is 0 Å². The van der Waals surface area contributed by atoms with Crippen LogP contribution in [0.2, 0.25) is 0 Å². The summed E-state index contributed by atoms with van der Waals surface area (Å²) in [5, 5.41) is 5.50. The number of pyridine rings is 1. The second kappa shape index (κ2) is 5.76. The van der Waals surface area contributed by atoms with Crippen LogP contribution >= 0.6 is 27.3 Å². The number of aryl methyl sites for hydroxylation is 1. The fourth-order valence-corrected chi connectivity index (χ4v) is 3.68. The molecule has 0 spiro atoms. The number of hydrogen-bond donors (Lipinski definition) is 1. The van der Waals surface area contributed by atoms with Gasteiger partial charge in [-0.15, -0.1) is 11.3 Å². The number of hydrogen-bond acceptors (Lipinski definition) is 3. The third kappa shape index (κ3) is 2.59. The Kier molecular flexibility index (Phi) is 4.31. The lowest BCUT2D eigenvalue weighted by atomic mass is 10.00. The van der Waals surface area contributed by atoms with Gasteiger partial charge in [0.2, 0.25) is 0 Å². The van der Waals surface area contributed by atoms with Gasteiger partial charge < -0.3 is 5.32 Å². The highest BCUT2D eigenvalue weighted by molar-refractivity contribution is 9.10. The Hall–Kier alpha value is -0.710. The first kappa shape index (κ1) is 12.7. The van der Waals surface area contributed by atoms with Gasteiger partial charge in [-0.1, -0.05) is 6.92 Å². The van der Waals surface area contributed by atoms with Crippen LogP contribution in [0.15, 0.2) is 34.4 Å². The van der Waals surface area contributed by atoms with Gasteiger partial charge in [-0.2, -0.15) is 0 Å². The molecule has 1 N–H and O–H groups in total. The van der Waals surface area contributed by atoms with Crippen molar-refractivity contribution in [2.24, 2.45) is 0 Å². The molecule has 90 valence electrons. The third-order valence-electron chi connectivity index (χ3n) is 2.83. The molecule has 17 heavy (non-hydrogen) atoms. The van der Waals surface area contributed by atoms with E-state index in [1.807, 2.05) is 19.4 Å². The van der Waals surface area contributed by atoms with Crippen LogP contribution in [0.4, 0.5) is 0 Å². The molecular formula is C13H15BrN2S. The summed E-state index contributed by atoms with van der Waals surface area (Å²) in [6.07, 6.45) is 4.83. The molecule has 2 heterocycles. The van der Waals surface area contributed by atoms with Crippen molar-refractivity contribution in [2.75, 3.05) is 7.05 Å². The molecule has 2 aromatic rings. The van der Waals surface area contributed by atoms with Crippen LogP contribution in [0.5, 0.6) is 0 Å². The number of rotatable bonds is 4. The molecule has 2 aromatic heterocycles. The molecule has 0 aromatic carbocycles. The number of aromatic nitrogens is 1. The zero-order valence-corrected chi connectivity index (χ0v) is 12.3. The molecule has 2 rings (SSSR count). The second-order valence-electron chi connectivity index (χ2n) is 3.78. The van der Waals surface area contributed by atoms with Gasteiger partial charge in [-0.3, -0.25) is 4.98 Å².